The summed E-state index contributed by atoms with van der Waals surface area (Å²) in [6.45, 7) is 7.32. The predicted molar refractivity (Wildman–Crippen MR) is 75.5 cm³/mol. The van der Waals surface area contributed by atoms with Crippen LogP contribution < -0.4 is 5.32 Å². The summed E-state index contributed by atoms with van der Waals surface area (Å²) < 4.78 is 2.03. The minimum atomic E-state index is 0.367. The zero-order valence-corrected chi connectivity index (χ0v) is 11.6. The van der Waals surface area contributed by atoms with Gasteiger partial charge in [0.05, 0.1) is 6.20 Å². The van der Waals surface area contributed by atoms with Crippen molar-refractivity contribution in [3.63, 3.8) is 0 Å². The van der Waals surface area contributed by atoms with Gasteiger partial charge in [-0.2, -0.15) is 5.10 Å². The number of nitrogens with one attached hydrogen (secondary N) is 1. The standard InChI is InChI=1S/C15H21N3/c1-5-18-12(3)15(10-17-18)14-8-6-7-13(9-14)11(2)16-4/h6-11,16H,5H2,1-4H3. The summed E-state index contributed by atoms with van der Waals surface area (Å²) in [6.07, 6.45) is 1.96. The molecule has 96 valence electrons. The van der Waals surface area contributed by atoms with Crippen LogP contribution in [0.4, 0.5) is 0 Å². The smallest absolute Gasteiger partial charge is 0.0571 e. The van der Waals surface area contributed by atoms with Crippen LogP contribution >= 0.6 is 0 Å². The summed E-state index contributed by atoms with van der Waals surface area (Å²) >= 11 is 0. The molecule has 0 aliphatic rings. The lowest BCUT2D eigenvalue weighted by Gasteiger charge is -2.12. The molecule has 1 heterocycles. The monoisotopic (exact) mass is 243 g/mol. The topological polar surface area (TPSA) is 29.9 Å². The number of benzene rings is 1. The van der Waals surface area contributed by atoms with Crippen LogP contribution in [0.1, 0.15) is 31.1 Å². The Morgan fingerprint density at radius 1 is 1.39 bits per heavy atom. The van der Waals surface area contributed by atoms with Gasteiger partial charge in [-0.15, -0.1) is 0 Å². The number of aromatic nitrogens is 2. The number of hydrogen-bond acceptors (Lipinski definition) is 2. The van der Waals surface area contributed by atoms with Gasteiger partial charge >= 0.3 is 0 Å². The molecule has 3 nitrogen and oxygen atoms in total. The van der Waals surface area contributed by atoms with Crippen molar-refractivity contribution in [2.75, 3.05) is 7.05 Å². The highest BCUT2D eigenvalue weighted by atomic mass is 15.3. The Labute approximate surface area is 109 Å². The van der Waals surface area contributed by atoms with E-state index in [0.717, 1.165) is 6.54 Å². The van der Waals surface area contributed by atoms with Crippen molar-refractivity contribution in [1.29, 1.82) is 0 Å². The molecule has 1 N–H and O–H groups in total. The summed E-state index contributed by atoms with van der Waals surface area (Å²) in [7, 11) is 1.98. The summed E-state index contributed by atoms with van der Waals surface area (Å²) in [6, 6.07) is 9.03. The van der Waals surface area contributed by atoms with Gasteiger partial charge in [0.25, 0.3) is 0 Å². The third-order valence-electron chi connectivity index (χ3n) is 3.53. The largest absolute Gasteiger partial charge is 0.313 e. The third-order valence-corrected chi connectivity index (χ3v) is 3.53. The molecule has 0 aliphatic heterocycles. The number of hydrogen-bond donors (Lipinski definition) is 1. The Bertz CT molecular complexity index is 528. The first kappa shape index (κ1) is 12.8. The second-order valence-electron chi connectivity index (χ2n) is 4.60. The van der Waals surface area contributed by atoms with Crippen LogP contribution in [0.25, 0.3) is 11.1 Å². The fourth-order valence-corrected chi connectivity index (χ4v) is 2.19. The summed E-state index contributed by atoms with van der Waals surface area (Å²) in [5.41, 5.74) is 5.00. The molecule has 1 aromatic heterocycles. The molecule has 3 heteroatoms. The minimum Gasteiger partial charge on any atom is -0.313 e. The number of rotatable bonds is 4. The average molecular weight is 243 g/mol. The van der Waals surface area contributed by atoms with Crippen molar-refractivity contribution in [2.24, 2.45) is 0 Å². The molecule has 0 amide bonds. The molecule has 2 aromatic rings. The van der Waals surface area contributed by atoms with E-state index in [1.807, 2.05) is 17.9 Å². The van der Waals surface area contributed by atoms with E-state index in [-0.39, 0.29) is 0 Å². The van der Waals surface area contributed by atoms with E-state index in [4.69, 9.17) is 0 Å². The van der Waals surface area contributed by atoms with E-state index in [1.165, 1.54) is 22.4 Å². The molecule has 1 atom stereocenters. The van der Waals surface area contributed by atoms with E-state index < -0.39 is 0 Å². The van der Waals surface area contributed by atoms with E-state index in [0.29, 0.717) is 6.04 Å². The first-order valence-corrected chi connectivity index (χ1v) is 6.47. The van der Waals surface area contributed by atoms with E-state index in [2.05, 4.69) is 55.5 Å². The first-order valence-electron chi connectivity index (χ1n) is 6.47. The lowest BCUT2D eigenvalue weighted by Crippen LogP contribution is -2.12. The van der Waals surface area contributed by atoms with Crippen molar-refractivity contribution in [2.45, 2.75) is 33.4 Å². The highest BCUT2D eigenvalue weighted by molar-refractivity contribution is 5.66. The molecular formula is C15H21N3. The predicted octanol–water partition coefficient (Wildman–Crippen LogP) is 3.16. The lowest BCUT2D eigenvalue weighted by molar-refractivity contribution is 0.640. The average Bonchev–Trinajstić information content (AvgIpc) is 2.79. The Kier molecular flexibility index (Phi) is 3.82. The van der Waals surface area contributed by atoms with Gasteiger partial charge in [-0.1, -0.05) is 18.2 Å². The molecular weight excluding hydrogens is 222 g/mol. The van der Waals surface area contributed by atoms with Crippen molar-refractivity contribution in [1.82, 2.24) is 15.1 Å². The van der Waals surface area contributed by atoms with Gasteiger partial charge in [0, 0.05) is 23.8 Å². The van der Waals surface area contributed by atoms with Gasteiger partial charge in [0.2, 0.25) is 0 Å². The minimum absolute atomic E-state index is 0.367. The second kappa shape index (κ2) is 5.36. The summed E-state index contributed by atoms with van der Waals surface area (Å²) in [5.74, 6) is 0. The molecule has 0 bridgehead atoms. The Morgan fingerprint density at radius 3 is 2.78 bits per heavy atom. The van der Waals surface area contributed by atoms with E-state index in [9.17, 15) is 0 Å². The van der Waals surface area contributed by atoms with E-state index in [1.54, 1.807) is 0 Å². The van der Waals surface area contributed by atoms with Gasteiger partial charge in [0.15, 0.2) is 0 Å². The Morgan fingerprint density at radius 2 is 2.17 bits per heavy atom. The Balaban J connectivity index is 2.41. The molecule has 0 aliphatic carbocycles. The van der Waals surface area contributed by atoms with Crippen LogP contribution in [0.3, 0.4) is 0 Å². The van der Waals surface area contributed by atoms with Crippen LogP contribution in [-0.4, -0.2) is 16.8 Å². The summed E-state index contributed by atoms with van der Waals surface area (Å²) in [4.78, 5) is 0. The number of nitrogens with zero attached hydrogens (tertiary/aromatic N) is 2. The second-order valence-corrected chi connectivity index (χ2v) is 4.60. The zero-order chi connectivity index (χ0) is 13.1. The van der Waals surface area contributed by atoms with Gasteiger partial charge in [-0.25, -0.2) is 0 Å². The molecule has 0 radical (unpaired) electrons. The molecule has 2 rings (SSSR count). The SMILES string of the molecule is CCn1ncc(-c2cccc(C(C)NC)c2)c1C. The fourth-order valence-electron chi connectivity index (χ4n) is 2.19. The molecule has 0 spiro atoms. The molecule has 1 aromatic carbocycles. The van der Waals surface area contributed by atoms with Crippen LogP contribution in [0.15, 0.2) is 30.5 Å². The highest BCUT2D eigenvalue weighted by Gasteiger charge is 2.09. The van der Waals surface area contributed by atoms with Gasteiger partial charge in [-0.05, 0) is 45.0 Å². The van der Waals surface area contributed by atoms with Crippen molar-refractivity contribution in [3.8, 4) is 11.1 Å². The van der Waals surface area contributed by atoms with Crippen LogP contribution in [0.5, 0.6) is 0 Å². The maximum absolute atomic E-state index is 4.41. The van der Waals surface area contributed by atoms with Crippen molar-refractivity contribution < 1.29 is 0 Å². The third kappa shape index (κ3) is 2.31. The summed E-state index contributed by atoms with van der Waals surface area (Å²) in [5, 5.41) is 7.68. The number of aryl methyl sites for hydroxylation is 1. The molecule has 1 unspecified atom stereocenters. The quantitative estimate of drug-likeness (QED) is 0.894. The lowest BCUT2D eigenvalue weighted by atomic mass is 10.0. The highest BCUT2D eigenvalue weighted by Crippen LogP contribution is 2.25. The van der Waals surface area contributed by atoms with Crippen molar-refractivity contribution in [3.05, 3.63) is 41.7 Å². The van der Waals surface area contributed by atoms with Crippen LogP contribution in [-0.2, 0) is 6.54 Å². The van der Waals surface area contributed by atoms with Gasteiger partial charge in [0.1, 0.15) is 0 Å². The maximum atomic E-state index is 4.41. The fraction of sp³-hybridized carbons (Fsp3) is 0.400. The van der Waals surface area contributed by atoms with E-state index >= 15 is 0 Å². The molecule has 0 saturated carbocycles. The molecule has 0 saturated heterocycles. The maximum Gasteiger partial charge on any atom is 0.0571 e. The first-order chi connectivity index (χ1) is 8.67. The van der Waals surface area contributed by atoms with Crippen LogP contribution in [0, 0.1) is 6.92 Å². The molecule has 18 heavy (non-hydrogen) atoms. The Hall–Kier alpha value is -1.61. The van der Waals surface area contributed by atoms with Crippen LogP contribution in [0.2, 0.25) is 0 Å². The van der Waals surface area contributed by atoms with Crippen molar-refractivity contribution >= 4 is 0 Å². The van der Waals surface area contributed by atoms with Gasteiger partial charge < -0.3 is 5.32 Å². The zero-order valence-electron chi connectivity index (χ0n) is 11.6. The van der Waals surface area contributed by atoms with Gasteiger partial charge in [-0.3, -0.25) is 4.68 Å². The molecule has 0 fully saturated rings. The normalized spacial score (nSPS) is 12.7.